The molecule has 114 valence electrons. The topological polar surface area (TPSA) is 43.4 Å². The van der Waals surface area contributed by atoms with E-state index in [0.717, 1.165) is 11.1 Å². The maximum absolute atomic E-state index is 12.0. The smallest absolute Gasteiger partial charge is 0.306 e. The average molecular weight is 317 g/mol. The number of Topliss-reactive ketones (excluding diaryl/α,β-unsaturated/α-hetero) is 1. The van der Waals surface area contributed by atoms with Crippen LogP contribution in [0.4, 0.5) is 0 Å². The van der Waals surface area contributed by atoms with Crippen molar-refractivity contribution in [2.24, 2.45) is 0 Å². The van der Waals surface area contributed by atoms with Crippen LogP contribution in [-0.4, -0.2) is 18.4 Å². The molecule has 0 unspecified atom stereocenters. The van der Waals surface area contributed by atoms with Crippen molar-refractivity contribution in [2.45, 2.75) is 19.8 Å². The summed E-state index contributed by atoms with van der Waals surface area (Å²) in [5.74, 6) is -0.415. The van der Waals surface area contributed by atoms with E-state index in [1.54, 1.807) is 19.1 Å². The van der Waals surface area contributed by atoms with Crippen LogP contribution in [0.3, 0.4) is 0 Å². The van der Waals surface area contributed by atoms with Gasteiger partial charge in [0.15, 0.2) is 5.78 Å². The number of ether oxygens (including phenoxy) is 1. The Morgan fingerprint density at radius 1 is 1.00 bits per heavy atom. The van der Waals surface area contributed by atoms with Gasteiger partial charge in [-0.3, -0.25) is 9.59 Å². The number of hydrogen-bond acceptors (Lipinski definition) is 3. The summed E-state index contributed by atoms with van der Waals surface area (Å²) in [6.45, 7) is 2.08. The molecule has 0 aliphatic rings. The van der Waals surface area contributed by atoms with Crippen LogP contribution in [0.5, 0.6) is 0 Å². The number of ketones is 1. The summed E-state index contributed by atoms with van der Waals surface area (Å²) in [7, 11) is 0. The molecule has 0 radical (unpaired) electrons. The second-order valence-electron chi connectivity index (χ2n) is 4.79. The normalized spacial score (nSPS) is 10.3. The van der Waals surface area contributed by atoms with E-state index in [1.807, 2.05) is 36.4 Å². The molecule has 0 aromatic heterocycles. The van der Waals surface area contributed by atoms with Crippen molar-refractivity contribution in [3.05, 3.63) is 59.1 Å². The first-order chi connectivity index (χ1) is 10.6. The van der Waals surface area contributed by atoms with Crippen molar-refractivity contribution in [3.8, 4) is 11.1 Å². The van der Waals surface area contributed by atoms with E-state index in [2.05, 4.69) is 0 Å². The summed E-state index contributed by atoms with van der Waals surface area (Å²) in [6.07, 6.45) is 0.267. The molecular formula is C18H17ClO3. The highest BCUT2D eigenvalue weighted by Crippen LogP contribution is 2.27. The third kappa shape index (κ3) is 4.18. The van der Waals surface area contributed by atoms with E-state index in [4.69, 9.17) is 16.3 Å². The Kier molecular flexibility index (Phi) is 5.73. The molecule has 2 aromatic carbocycles. The molecule has 0 atom stereocenters. The minimum atomic E-state index is -0.344. The van der Waals surface area contributed by atoms with Crippen LogP contribution in [0.1, 0.15) is 30.1 Å². The molecule has 0 aliphatic carbocycles. The van der Waals surface area contributed by atoms with Gasteiger partial charge in [-0.1, -0.05) is 54.1 Å². The van der Waals surface area contributed by atoms with Crippen LogP contribution < -0.4 is 0 Å². The lowest BCUT2D eigenvalue weighted by atomic mass is 10.0. The lowest BCUT2D eigenvalue weighted by Crippen LogP contribution is -2.07. The molecule has 2 aromatic rings. The van der Waals surface area contributed by atoms with E-state index in [9.17, 15) is 9.59 Å². The Balaban J connectivity index is 2.04. The molecule has 0 fully saturated rings. The first kappa shape index (κ1) is 16.2. The SMILES string of the molecule is CCOC(=O)CCC(=O)c1ccc(-c2ccccc2Cl)cc1. The average Bonchev–Trinajstić information content (AvgIpc) is 2.53. The van der Waals surface area contributed by atoms with Gasteiger partial charge in [0.25, 0.3) is 0 Å². The molecule has 2 rings (SSSR count). The Hall–Kier alpha value is -2.13. The van der Waals surface area contributed by atoms with Gasteiger partial charge >= 0.3 is 5.97 Å². The Morgan fingerprint density at radius 2 is 1.68 bits per heavy atom. The Labute approximate surface area is 134 Å². The fourth-order valence-corrected chi connectivity index (χ4v) is 2.37. The van der Waals surface area contributed by atoms with Crippen molar-refractivity contribution in [3.63, 3.8) is 0 Å². The van der Waals surface area contributed by atoms with Gasteiger partial charge in [0, 0.05) is 22.6 Å². The summed E-state index contributed by atoms with van der Waals surface area (Å²) in [4.78, 5) is 23.3. The fraction of sp³-hybridized carbons (Fsp3) is 0.222. The number of rotatable bonds is 6. The van der Waals surface area contributed by atoms with Crippen LogP contribution in [0.25, 0.3) is 11.1 Å². The van der Waals surface area contributed by atoms with Crippen molar-refractivity contribution in [1.29, 1.82) is 0 Å². The molecule has 0 aliphatic heterocycles. The van der Waals surface area contributed by atoms with Crippen LogP contribution in [0.2, 0.25) is 5.02 Å². The van der Waals surface area contributed by atoms with Gasteiger partial charge in [-0.2, -0.15) is 0 Å². The lowest BCUT2D eigenvalue weighted by Gasteiger charge is -2.06. The molecule has 4 heteroatoms. The van der Waals surface area contributed by atoms with E-state index < -0.39 is 0 Å². The number of hydrogen-bond donors (Lipinski definition) is 0. The first-order valence-corrected chi connectivity index (χ1v) is 7.53. The van der Waals surface area contributed by atoms with E-state index in [1.165, 1.54) is 0 Å². The van der Waals surface area contributed by atoms with Gasteiger partial charge in [-0.05, 0) is 18.6 Å². The maximum atomic E-state index is 12.0. The highest BCUT2D eigenvalue weighted by atomic mass is 35.5. The Morgan fingerprint density at radius 3 is 2.32 bits per heavy atom. The minimum Gasteiger partial charge on any atom is -0.466 e. The van der Waals surface area contributed by atoms with Gasteiger partial charge in [0.05, 0.1) is 13.0 Å². The van der Waals surface area contributed by atoms with Gasteiger partial charge < -0.3 is 4.74 Å². The molecule has 0 saturated carbocycles. The fourth-order valence-electron chi connectivity index (χ4n) is 2.12. The number of carbonyl (C=O) groups excluding carboxylic acids is 2. The van der Waals surface area contributed by atoms with E-state index in [-0.39, 0.29) is 24.6 Å². The largest absolute Gasteiger partial charge is 0.466 e. The summed E-state index contributed by atoms with van der Waals surface area (Å²) in [5.41, 5.74) is 2.46. The predicted octanol–water partition coefficient (Wildman–Crippen LogP) is 4.53. The quantitative estimate of drug-likeness (QED) is 0.580. The molecular weight excluding hydrogens is 300 g/mol. The molecule has 0 heterocycles. The van der Waals surface area contributed by atoms with E-state index >= 15 is 0 Å². The molecule has 22 heavy (non-hydrogen) atoms. The van der Waals surface area contributed by atoms with Crippen molar-refractivity contribution < 1.29 is 14.3 Å². The zero-order chi connectivity index (χ0) is 15.9. The van der Waals surface area contributed by atoms with Crippen LogP contribution in [0.15, 0.2) is 48.5 Å². The maximum Gasteiger partial charge on any atom is 0.306 e. The summed E-state index contributed by atoms with van der Waals surface area (Å²) < 4.78 is 4.81. The van der Waals surface area contributed by atoms with Gasteiger partial charge in [-0.25, -0.2) is 0 Å². The van der Waals surface area contributed by atoms with Crippen molar-refractivity contribution in [1.82, 2.24) is 0 Å². The number of carbonyl (C=O) groups is 2. The molecule has 0 spiro atoms. The molecule has 0 N–H and O–H groups in total. The van der Waals surface area contributed by atoms with Crippen LogP contribution >= 0.6 is 11.6 Å². The Bertz CT molecular complexity index is 662. The summed E-state index contributed by atoms with van der Waals surface area (Å²) in [5, 5.41) is 0.670. The molecule has 3 nitrogen and oxygen atoms in total. The number of esters is 1. The summed E-state index contributed by atoms with van der Waals surface area (Å²) in [6, 6.07) is 14.8. The molecule has 0 bridgehead atoms. The van der Waals surface area contributed by atoms with Crippen molar-refractivity contribution in [2.75, 3.05) is 6.61 Å². The van der Waals surface area contributed by atoms with Gasteiger partial charge in [0.1, 0.15) is 0 Å². The van der Waals surface area contributed by atoms with Crippen LogP contribution in [0, 0.1) is 0 Å². The third-order valence-corrected chi connectivity index (χ3v) is 3.58. The number of halogens is 1. The monoisotopic (exact) mass is 316 g/mol. The first-order valence-electron chi connectivity index (χ1n) is 7.15. The second-order valence-corrected chi connectivity index (χ2v) is 5.19. The minimum absolute atomic E-state index is 0.0706. The second kappa shape index (κ2) is 7.76. The van der Waals surface area contributed by atoms with Gasteiger partial charge in [0.2, 0.25) is 0 Å². The standard InChI is InChI=1S/C18H17ClO3/c1-2-22-18(21)12-11-17(20)14-9-7-13(8-10-14)15-5-3-4-6-16(15)19/h3-10H,2,11-12H2,1H3. The number of benzene rings is 2. The zero-order valence-corrected chi connectivity index (χ0v) is 13.1. The zero-order valence-electron chi connectivity index (χ0n) is 12.3. The highest BCUT2D eigenvalue weighted by Gasteiger charge is 2.10. The summed E-state index contributed by atoms with van der Waals surface area (Å²) >= 11 is 6.16. The molecule has 0 saturated heterocycles. The van der Waals surface area contributed by atoms with Crippen LogP contribution in [-0.2, 0) is 9.53 Å². The van der Waals surface area contributed by atoms with Crippen molar-refractivity contribution >= 4 is 23.4 Å². The molecule has 0 amide bonds. The predicted molar refractivity (Wildman–Crippen MR) is 87.1 cm³/mol. The third-order valence-electron chi connectivity index (χ3n) is 3.25. The lowest BCUT2D eigenvalue weighted by molar-refractivity contribution is -0.143. The van der Waals surface area contributed by atoms with E-state index in [0.29, 0.717) is 17.2 Å². The highest BCUT2D eigenvalue weighted by molar-refractivity contribution is 6.33. The van der Waals surface area contributed by atoms with Gasteiger partial charge in [-0.15, -0.1) is 0 Å².